The third-order valence-electron chi connectivity index (χ3n) is 5.90. The molecule has 0 aliphatic heterocycles. The molecule has 1 aromatic carbocycles. The lowest BCUT2D eigenvalue weighted by Gasteiger charge is -2.38. The molecule has 0 unspecified atom stereocenters. The molecule has 2 N–H and O–H groups in total. The predicted octanol–water partition coefficient (Wildman–Crippen LogP) is 6.56. The number of Topliss-reactive ketones (excluding diaryl/α,β-unsaturated/α-hetero) is 1. The van der Waals surface area contributed by atoms with Crippen molar-refractivity contribution in [3.8, 4) is 0 Å². The second-order valence-corrected chi connectivity index (χ2v) is 7.95. The minimum Gasteiger partial charge on any atom is -0.404 e. The van der Waals surface area contributed by atoms with Crippen LogP contribution >= 0.6 is 0 Å². The number of benzene rings is 1. The number of carbonyl (C=O) groups is 1. The standard InChI is InChI=1S/C25H25F4N3O/c1-3-5-17-12-21(32-20-8-6-19(26)7-9-20)16(15-30)14-24(17,4-2)23(33)22-13-18(10-11-31-22)25(27,28)29/h6-13,15H,3-5,14,30H2,1-2H3/t24-/m1/s1. The molecule has 1 aromatic heterocycles. The van der Waals surface area contributed by atoms with Crippen LogP contribution in [0, 0.1) is 11.2 Å². The molecule has 4 nitrogen and oxygen atoms in total. The fourth-order valence-corrected chi connectivity index (χ4v) is 4.12. The van der Waals surface area contributed by atoms with Gasteiger partial charge in [-0.3, -0.25) is 9.78 Å². The van der Waals surface area contributed by atoms with Crippen molar-refractivity contribution in [3.63, 3.8) is 0 Å². The maximum Gasteiger partial charge on any atom is 0.416 e. The van der Waals surface area contributed by atoms with Crippen LogP contribution in [0.1, 0.15) is 55.6 Å². The molecular formula is C25H25F4N3O. The van der Waals surface area contributed by atoms with Gasteiger partial charge in [-0.1, -0.05) is 25.8 Å². The summed E-state index contributed by atoms with van der Waals surface area (Å²) in [5.41, 5.74) is 6.06. The number of ketones is 1. The highest BCUT2D eigenvalue weighted by Crippen LogP contribution is 2.46. The maximum absolute atomic E-state index is 13.7. The second kappa shape index (κ2) is 9.68. The number of aromatic nitrogens is 1. The summed E-state index contributed by atoms with van der Waals surface area (Å²) in [7, 11) is 0. The first-order valence-corrected chi connectivity index (χ1v) is 10.7. The van der Waals surface area contributed by atoms with Crippen molar-refractivity contribution in [1.29, 1.82) is 0 Å². The maximum atomic E-state index is 13.7. The number of nitrogens with two attached hydrogens (primary N) is 1. The highest BCUT2D eigenvalue weighted by Gasteiger charge is 2.45. The molecule has 8 heteroatoms. The SMILES string of the molecule is CCCC1=CC(=Nc2ccc(F)cc2)C(=CN)C[C@@]1(CC)C(=O)c1cc(C(F)(F)F)ccn1. The van der Waals surface area contributed by atoms with E-state index in [1.54, 1.807) is 6.08 Å². The number of carbonyl (C=O) groups excluding carboxylic acids is 1. The van der Waals surface area contributed by atoms with Gasteiger partial charge in [0.25, 0.3) is 0 Å². The van der Waals surface area contributed by atoms with Crippen molar-refractivity contribution in [2.45, 2.75) is 45.7 Å². The van der Waals surface area contributed by atoms with Crippen LogP contribution in [0.25, 0.3) is 0 Å². The van der Waals surface area contributed by atoms with Crippen LogP contribution in [-0.4, -0.2) is 16.5 Å². The Kier molecular flexibility index (Phi) is 7.15. The summed E-state index contributed by atoms with van der Waals surface area (Å²) in [6.45, 7) is 3.78. The Morgan fingerprint density at radius 3 is 2.48 bits per heavy atom. The Morgan fingerprint density at radius 1 is 1.21 bits per heavy atom. The van der Waals surface area contributed by atoms with E-state index in [1.807, 2.05) is 13.8 Å². The van der Waals surface area contributed by atoms with Gasteiger partial charge in [-0.25, -0.2) is 9.38 Å². The number of allylic oxidation sites excluding steroid dienone is 3. The lowest BCUT2D eigenvalue weighted by molar-refractivity contribution is -0.137. The number of nitrogens with zero attached hydrogens (tertiary/aromatic N) is 2. The molecule has 2 aromatic rings. The minimum absolute atomic E-state index is 0.183. The number of hydrogen-bond acceptors (Lipinski definition) is 4. The Balaban J connectivity index is 2.13. The first kappa shape index (κ1) is 24.4. The van der Waals surface area contributed by atoms with E-state index in [4.69, 9.17) is 5.73 Å². The number of alkyl halides is 3. The summed E-state index contributed by atoms with van der Waals surface area (Å²) in [5, 5.41) is 0. The number of pyridine rings is 1. The van der Waals surface area contributed by atoms with E-state index in [-0.39, 0.29) is 17.9 Å². The second-order valence-electron chi connectivity index (χ2n) is 7.95. The lowest BCUT2D eigenvalue weighted by Crippen LogP contribution is -2.38. The van der Waals surface area contributed by atoms with Crippen LogP contribution in [0.15, 0.2) is 71.0 Å². The monoisotopic (exact) mass is 459 g/mol. The van der Waals surface area contributed by atoms with Crippen LogP contribution in [0.5, 0.6) is 0 Å². The zero-order valence-electron chi connectivity index (χ0n) is 18.4. The average Bonchev–Trinajstić information content (AvgIpc) is 2.80. The Labute approximate surface area is 189 Å². The molecule has 0 bridgehead atoms. The Hall–Kier alpha value is -3.29. The van der Waals surface area contributed by atoms with E-state index < -0.39 is 22.9 Å². The molecule has 1 heterocycles. The van der Waals surface area contributed by atoms with Gasteiger partial charge in [0.05, 0.1) is 22.4 Å². The predicted molar refractivity (Wildman–Crippen MR) is 120 cm³/mol. The summed E-state index contributed by atoms with van der Waals surface area (Å²) < 4.78 is 53.0. The molecule has 0 fully saturated rings. The van der Waals surface area contributed by atoms with Crippen molar-refractivity contribution in [3.05, 3.63) is 83.1 Å². The third-order valence-corrected chi connectivity index (χ3v) is 5.90. The third kappa shape index (κ3) is 5.05. The first-order valence-electron chi connectivity index (χ1n) is 10.7. The quantitative estimate of drug-likeness (QED) is 0.393. The number of hydrogen-bond donors (Lipinski definition) is 1. The van der Waals surface area contributed by atoms with E-state index >= 15 is 0 Å². The van der Waals surface area contributed by atoms with Gasteiger partial charge in [0.1, 0.15) is 11.5 Å². The van der Waals surface area contributed by atoms with E-state index in [2.05, 4.69) is 9.98 Å². The number of aliphatic imine (C=N–C) groups is 1. The van der Waals surface area contributed by atoms with Gasteiger partial charge in [0.2, 0.25) is 0 Å². The lowest BCUT2D eigenvalue weighted by atomic mass is 9.64. The van der Waals surface area contributed by atoms with Crippen LogP contribution < -0.4 is 5.73 Å². The molecule has 174 valence electrons. The molecular weight excluding hydrogens is 434 g/mol. The Bertz CT molecular complexity index is 1120. The van der Waals surface area contributed by atoms with Gasteiger partial charge in [0.15, 0.2) is 5.78 Å². The van der Waals surface area contributed by atoms with Crippen LogP contribution in [-0.2, 0) is 6.18 Å². The van der Waals surface area contributed by atoms with Gasteiger partial charge in [-0.05, 0) is 73.5 Å². The molecule has 1 atom stereocenters. The average molecular weight is 459 g/mol. The van der Waals surface area contributed by atoms with Gasteiger partial charge in [-0.2, -0.15) is 13.2 Å². The van der Waals surface area contributed by atoms with Crippen molar-refractivity contribution >= 4 is 17.2 Å². The highest BCUT2D eigenvalue weighted by molar-refractivity contribution is 6.14. The summed E-state index contributed by atoms with van der Waals surface area (Å²) in [6.07, 6.45) is 1.39. The fourth-order valence-electron chi connectivity index (χ4n) is 4.12. The zero-order valence-corrected chi connectivity index (χ0v) is 18.4. The zero-order chi connectivity index (χ0) is 24.2. The summed E-state index contributed by atoms with van der Waals surface area (Å²) in [4.78, 5) is 22.2. The molecule has 0 spiro atoms. The van der Waals surface area contributed by atoms with Gasteiger partial charge in [0, 0.05) is 6.20 Å². The van der Waals surface area contributed by atoms with Crippen LogP contribution in [0.4, 0.5) is 23.2 Å². The fraction of sp³-hybridized carbons (Fsp3) is 0.320. The van der Waals surface area contributed by atoms with Gasteiger partial charge in [-0.15, -0.1) is 0 Å². The largest absolute Gasteiger partial charge is 0.416 e. The smallest absolute Gasteiger partial charge is 0.404 e. The molecule has 33 heavy (non-hydrogen) atoms. The number of rotatable bonds is 6. The summed E-state index contributed by atoms with van der Waals surface area (Å²) in [6, 6.07) is 7.30. The van der Waals surface area contributed by atoms with Gasteiger partial charge < -0.3 is 5.73 Å². The first-order chi connectivity index (χ1) is 15.6. The Morgan fingerprint density at radius 2 is 1.91 bits per heavy atom. The molecule has 3 rings (SSSR count). The summed E-state index contributed by atoms with van der Waals surface area (Å²) >= 11 is 0. The van der Waals surface area contributed by atoms with E-state index in [9.17, 15) is 22.4 Å². The normalized spacial score (nSPS) is 21.3. The minimum atomic E-state index is -4.58. The van der Waals surface area contributed by atoms with Crippen LogP contribution in [0.2, 0.25) is 0 Å². The summed E-state index contributed by atoms with van der Waals surface area (Å²) in [5.74, 6) is -0.862. The molecule has 1 aliphatic rings. The highest BCUT2D eigenvalue weighted by atomic mass is 19.4. The van der Waals surface area contributed by atoms with Gasteiger partial charge >= 0.3 is 6.18 Å². The molecule has 0 radical (unpaired) electrons. The molecule has 0 saturated carbocycles. The molecule has 0 saturated heterocycles. The number of halogens is 4. The van der Waals surface area contributed by atoms with E-state index in [0.717, 1.165) is 30.3 Å². The van der Waals surface area contributed by atoms with Crippen molar-refractivity contribution in [2.24, 2.45) is 16.1 Å². The van der Waals surface area contributed by atoms with E-state index in [1.165, 1.54) is 30.5 Å². The van der Waals surface area contributed by atoms with E-state index in [0.29, 0.717) is 29.8 Å². The van der Waals surface area contributed by atoms with Crippen molar-refractivity contribution < 1.29 is 22.4 Å². The van der Waals surface area contributed by atoms with Crippen molar-refractivity contribution in [2.75, 3.05) is 0 Å². The molecule has 0 amide bonds. The van der Waals surface area contributed by atoms with Crippen molar-refractivity contribution in [1.82, 2.24) is 4.98 Å². The molecule has 1 aliphatic carbocycles. The van der Waals surface area contributed by atoms with Crippen LogP contribution in [0.3, 0.4) is 0 Å². The topological polar surface area (TPSA) is 68.3 Å².